The number of carbonyl (C=O) groups is 4. The van der Waals surface area contributed by atoms with Crippen LogP contribution in [0.2, 0.25) is 0 Å². The first-order chi connectivity index (χ1) is 18.2. The van der Waals surface area contributed by atoms with Crippen LogP contribution in [-0.4, -0.2) is 38.0 Å². The predicted molar refractivity (Wildman–Crippen MR) is 143 cm³/mol. The molecule has 1 saturated heterocycles. The summed E-state index contributed by atoms with van der Waals surface area (Å²) in [5.41, 5.74) is 2.72. The number of esters is 1. The van der Waals surface area contributed by atoms with Crippen molar-refractivity contribution in [2.24, 2.45) is 0 Å². The van der Waals surface area contributed by atoms with Crippen LogP contribution >= 0.6 is 15.9 Å². The maximum Gasteiger partial charge on any atom is 0.337 e. The molecule has 0 bridgehead atoms. The van der Waals surface area contributed by atoms with Gasteiger partial charge in [0.05, 0.1) is 29.9 Å². The van der Waals surface area contributed by atoms with Gasteiger partial charge in [-0.05, 0) is 76.5 Å². The fourth-order valence-electron chi connectivity index (χ4n) is 3.84. The first kappa shape index (κ1) is 26.6. The number of hydrogen-bond acceptors (Lipinski definition) is 7. The van der Waals surface area contributed by atoms with Crippen LogP contribution < -0.4 is 19.7 Å². The summed E-state index contributed by atoms with van der Waals surface area (Å²) in [6.45, 7) is 2.31. The topological polar surface area (TPSA) is 111 Å². The lowest BCUT2D eigenvalue weighted by molar-refractivity contribution is -0.122. The molecule has 38 heavy (non-hydrogen) atoms. The van der Waals surface area contributed by atoms with Crippen molar-refractivity contribution in [2.75, 3.05) is 19.1 Å². The van der Waals surface area contributed by atoms with E-state index in [0.29, 0.717) is 28.1 Å². The number of carbonyl (C=O) groups excluding carboxylic acids is 4. The summed E-state index contributed by atoms with van der Waals surface area (Å²) < 4.78 is 16.7. The number of barbiturate groups is 1. The maximum atomic E-state index is 13.2. The Balaban J connectivity index is 1.62. The molecule has 1 N–H and O–H groups in total. The smallest absolute Gasteiger partial charge is 0.337 e. The molecule has 1 fully saturated rings. The van der Waals surface area contributed by atoms with Gasteiger partial charge in [-0.1, -0.05) is 29.8 Å². The van der Waals surface area contributed by atoms with Gasteiger partial charge in [0.25, 0.3) is 11.8 Å². The Hall–Kier alpha value is -4.44. The molecule has 1 aliphatic heterocycles. The van der Waals surface area contributed by atoms with E-state index in [1.165, 1.54) is 44.6 Å². The highest BCUT2D eigenvalue weighted by Gasteiger charge is 2.37. The van der Waals surface area contributed by atoms with Gasteiger partial charge >= 0.3 is 12.0 Å². The van der Waals surface area contributed by atoms with Crippen LogP contribution in [0.25, 0.3) is 6.08 Å². The number of nitrogens with zero attached hydrogens (tertiary/aromatic N) is 1. The van der Waals surface area contributed by atoms with E-state index < -0.39 is 23.8 Å². The summed E-state index contributed by atoms with van der Waals surface area (Å²) in [5, 5.41) is 2.17. The molecule has 0 unspecified atom stereocenters. The Labute approximate surface area is 227 Å². The molecule has 9 nitrogen and oxygen atoms in total. The summed E-state index contributed by atoms with van der Waals surface area (Å²) in [5.74, 6) is -1.38. The number of urea groups is 1. The minimum Gasteiger partial charge on any atom is -0.493 e. The second-order valence-electron chi connectivity index (χ2n) is 8.31. The maximum absolute atomic E-state index is 13.2. The van der Waals surface area contributed by atoms with E-state index in [-0.39, 0.29) is 16.8 Å². The van der Waals surface area contributed by atoms with E-state index in [1.807, 2.05) is 31.2 Å². The summed E-state index contributed by atoms with van der Waals surface area (Å²) >= 11 is 3.48. The lowest BCUT2D eigenvalue weighted by Crippen LogP contribution is -2.54. The van der Waals surface area contributed by atoms with Crippen LogP contribution in [0, 0.1) is 6.92 Å². The van der Waals surface area contributed by atoms with Gasteiger partial charge in [0.2, 0.25) is 0 Å². The van der Waals surface area contributed by atoms with Gasteiger partial charge in [0.15, 0.2) is 11.5 Å². The molecule has 0 atom stereocenters. The molecule has 1 heterocycles. The van der Waals surface area contributed by atoms with Crippen LogP contribution in [0.4, 0.5) is 10.5 Å². The number of anilines is 1. The molecule has 4 amide bonds. The average molecular weight is 579 g/mol. The van der Waals surface area contributed by atoms with Crippen molar-refractivity contribution in [2.45, 2.75) is 13.5 Å². The molecule has 0 saturated carbocycles. The zero-order chi connectivity index (χ0) is 27.4. The lowest BCUT2D eigenvalue weighted by atomic mass is 10.1. The number of halogens is 1. The minimum atomic E-state index is -0.901. The fourth-order valence-corrected chi connectivity index (χ4v) is 4.42. The number of amides is 4. The third kappa shape index (κ3) is 5.60. The largest absolute Gasteiger partial charge is 0.493 e. The molecule has 3 aromatic rings. The number of aryl methyl sites for hydroxylation is 1. The first-order valence-electron chi connectivity index (χ1n) is 11.4. The van der Waals surface area contributed by atoms with E-state index in [4.69, 9.17) is 9.47 Å². The first-order valence-corrected chi connectivity index (χ1v) is 12.2. The Morgan fingerprint density at radius 2 is 1.76 bits per heavy atom. The molecular weight excluding hydrogens is 556 g/mol. The van der Waals surface area contributed by atoms with Crippen molar-refractivity contribution in [1.29, 1.82) is 0 Å². The van der Waals surface area contributed by atoms with E-state index >= 15 is 0 Å². The number of benzene rings is 3. The Kier molecular flexibility index (Phi) is 7.92. The van der Waals surface area contributed by atoms with E-state index in [2.05, 4.69) is 26.0 Å². The number of hydrogen-bond donors (Lipinski definition) is 1. The molecule has 4 rings (SSSR count). The van der Waals surface area contributed by atoms with Crippen LogP contribution in [0.15, 0.2) is 70.7 Å². The van der Waals surface area contributed by atoms with Crippen molar-refractivity contribution < 1.29 is 33.4 Å². The van der Waals surface area contributed by atoms with Crippen molar-refractivity contribution in [3.05, 3.63) is 93.0 Å². The monoisotopic (exact) mass is 578 g/mol. The quantitative estimate of drug-likeness (QED) is 0.243. The molecular formula is C28H23BrN2O7. The van der Waals surface area contributed by atoms with E-state index in [0.717, 1.165) is 16.0 Å². The predicted octanol–water partition coefficient (Wildman–Crippen LogP) is 4.80. The van der Waals surface area contributed by atoms with Gasteiger partial charge in [0.1, 0.15) is 12.2 Å². The number of ether oxygens (including phenoxy) is 3. The van der Waals surface area contributed by atoms with Crippen LogP contribution in [-0.2, 0) is 20.9 Å². The Bertz CT molecular complexity index is 1460. The van der Waals surface area contributed by atoms with Crippen LogP contribution in [0.5, 0.6) is 11.5 Å². The van der Waals surface area contributed by atoms with E-state index in [9.17, 15) is 19.2 Å². The molecule has 10 heteroatoms. The number of imide groups is 2. The number of methoxy groups -OCH3 is 2. The summed E-state index contributed by atoms with van der Waals surface area (Å²) in [6.07, 6.45) is 1.36. The van der Waals surface area contributed by atoms with Crippen molar-refractivity contribution in [1.82, 2.24) is 5.32 Å². The standard InChI is InChI=1S/C28H23BrN2O7/c1-16-5-4-6-17(11-16)15-38-24-22(29)13-18(14-23(24)36-2)12-21-25(32)30-28(35)31(26(21)33)20-9-7-19(8-10-20)27(34)37-3/h4-14H,15H2,1-3H3,(H,30,32,35)/b21-12+. The van der Waals surface area contributed by atoms with Crippen molar-refractivity contribution in [3.63, 3.8) is 0 Å². The summed E-state index contributed by atoms with van der Waals surface area (Å²) in [7, 11) is 2.73. The highest BCUT2D eigenvalue weighted by Crippen LogP contribution is 2.38. The summed E-state index contributed by atoms with van der Waals surface area (Å²) in [6, 6.07) is 16.0. The van der Waals surface area contributed by atoms with Gasteiger partial charge in [-0.15, -0.1) is 0 Å². The fraction of sp³-hybridized carbons (Fsp3) is 0.143. The molecule has 0 aromatic heterocycles. The molecule has 0 spiro atoms. The molecule has 3 aromatic carbocycles. The van der Waals surface area contributed by atoms with Crippen molar-refractivity contribution >= 4 is 51.5 Å². The lowest BCUT2D eigenvalue weighted by Gasteiger charge is -2.26. The molecule has 194 valence electrons. The molecule has 0 radical (unpaired) electrons. The van der Waals surface area contributed by atoms with Gasteiger partial charge in [-0.2, -0.15) is 0 Å². The highest BCUT2D eigenvalue weighted by molar-refractivity contribution is 9.10. The normalized spacial score (nSPS) is 14.4. The molecule has 0 aliphatic carbocycles. The number of nitrogens with one attached hydrogen (secondary N) is 1. The SMILES string of the molecule is COC(=O)c1ccc(N2C(=O)NC(=O)/C(=C\c3cc(Br)c(OCc4cccc(C)c4)c(OC)c3)C2=O)cc1. The Morgan fingerprint density at radius 3 is 2.42 bits per heavy atom. The van der Waals surface area contributed by atoms with Gasteiger partial charge in [-0.3, -0.25) is 14.9 Å². The highest BCUT2D eigenvalue weighted by atomic mass is 79.9. The zero-order valence-corrected chi connectivity index (χ0v) is 22.3. The molecule has 1 aliphatic rings. The average Bonchev–Trinajstić information content (AvgIpc) is 2.90. The second-order valence-corrected chi connectivity index (χ2v) is 9.16. The second kappa shape index (κ2) is 11.3. The minimum absolute atomic E-state index is 0.178. The third-order valence-corrected chi connectivity index (χ3v) is 6.27. The van der Waals surface area contributed by atoms with Crippen molar-refractivity contribution in [3.8, 4) is 11.5 Å². The van der Waals surface area contributed by atoms with E-state index in [1.54, 1.807) is 12.1 Å². The van der Waals surface area contributed by atoms with Gasteiger partial charge in [0, 0.05) is 0 Å². The number of rotatable bonds is 7. The summed E-state index contributed by atoms with van der Waals surface area (Å²) in [4.78, 5) is 50.9. The van der Waals surface area contributed by atoms with Crippen LogP contribution in [0.1, 0.15) is 27.0 Å². The zero-order valence-electron chi connectivity index (χ0n) is 20.7. The Morgan fingerprint density at radius 1 is 1.03 bits per heavy atom. The van der Waals surface area contributed by atoms with Gasteiger partial charge in [-0.25, -0.2) is 14.5 Å². The van der Waals surface area contributed by atoms with Gasteiger partial charge < -0.3 is 14.2 Å². The third-order valence-electron chi connectivity index (χ3n) is 5.68. The van der Waals surface area contributed by atoms with Crippen LogP contribution in [0.3, 0.4) is 0 Å².